The average Bonchev–Trinajstić information content (AvgIpc) is 2.94. The number of amides is 1. The number of methoxy groups -OCH3 is 1. The number of likely N-dealkylation sites (tertiary alicyclic amines) is 1. The van der Waals surface area contributed by atoms with Crippen molar-refractivity contribution in [3.63, 3.8) is 0 Å². The minimum absolute atomic E-state index is 0.0377. The predicted octanol–water partition coefficient (Wildman–Crippen LogP) is 1.50. The largest absolute Gasteiger partial charge is 0.382 e. The van der Waals surface area contributed by atoms with Crippen molar-refractivity contribution in [2.45, 2.75) is 12.5 Å². The summed E-state index contributed by atoms with van der Waals surface area (Å²) in [6, 6.07) is 4.50. The van der Waals surface area contributed by atoms with E-state index in [0.717, 1.165) is 6.42 Å². The minimum Gasteiger partial charge on any atom is -0.382 e. The molecule has 1 unspecified atom stereocenters. The Morgan fingerprint density at radius 3 is 2.85 bits per heavy atom. The van der Waals surface area contributed by atoms with Crippen LogP contribution in [0.4, 0.5) is 11.4 Å². The molecule has 0 aliphatic carbocycles. The summed E-state index contributed by atoms with van der Waals surface area (Å²) >= 11 is 0. The molecule has 20 heavy (non-hydrogen) atoms. The number of nitro benzene ring substituents is 1. The first-order valence-electron chi connectivity index (χ1n) is 6.35. The zero-order valence-corrected chi connectivity index (χ0v) is 11.5. The van der Waals surface area contributed by atoms with Gasteiger partial charge in [-0.25, -0.2) is 0 Å². The standard InChI is InChI=1S/C13H17N3O4/c1-14-12-10(4-3-5-11(12)16(18)19)13(17)15-7-6-9(8-15)20-2/h3-5,9,14H,6-8H2,1-2H3. The van der Waals surface area contributed by atoms with Gasteiger partial charge in [-0.15, -0.1) is 0 Å². The highest BCUT2D eigenvalue weighted by Gasteiger charge is 2.29. The van der Waals surface area contributed by atoms with Gasteiger partial charge in [-0.3, -0.25) is 14.9 Å². The molecule has 1 atom stereocenters. The average molecular weight is 279 g/mol. The molecule has 1 amide bonds. The van der Waals surface area contributed by atoms with Crippen LogP contribution in [0.15, 0.2) is 18.2 Å². The predicted molar refractivity (Wildman–Crippen MR) is 74.0 cm³/mol. The van der Waals surface area contributed by atoms with Crippen LogP contribution in [0.3, 0.4) is 0 Å². The van der Waals surface area contributed by atoms with Crippen LogP contribution in [-0.4, -0.2) is 49.1 Å². The highest BCUT2D eigenvalue weighted by Crippen LogP contribution is 2.29. The molecule has 1 aliphatic heterocycles. The number of carbonyl (C=O) groups is 1. The van der Waals surface area contributed by atoms with E-state index in [0.29, 0.717) is 18.7 Å². The summed E-state index contributed by atoms with van der Waals surface area (Å²) < 4.78 is 5.23. The second-order valence-electron chi connectivity index (χ2n) is 4.60. The van der Waals surface area contributed by atoms with Crippen molar-refractivity contribution in [3.8, 4) is 0 Å². The van der Waals surface area contributed by atoms with Crippen molar-refractivity contribution >= 4 is 17.3 Å². The lowest BCUT2D eigenvalue weighted by molar-refractivity contribution is -0.384. The van der Waals surface area contributed by atoms with E-state index in [4.69, 9.17) is 4.74 Å². The molecule has 0 radical (unpaired) electrons. The van der Waals surface area contributed by atoms with Crippen molar-refractivity contribution in [1.82, 2.24) is 4.90 Å². The molecule has 0 aromatic heterocycles. The van der Waals surface area contributed by atoms with E-state index in [1.165, 1.54) is 12.1 Å². The van der Waals surface area contributed by atoms with Crippen LogP contribution < -0.4 is 5.32 Å². The maximum absolute atomic E-state index is 12.5. The van der Waals surface area contributed by atoms with Gasteiger partial charge in [-0.05, 0) is 12.5 Å². The van der Waals surface area contributed by atoms with E-state index in [9.17, 15) is 14.9 Å². The summed E-state index contributed by atoms with van der Waals surface area (Å²) in [5.74, 6) is -0.211. The number of anilines is 1. The maximum Gasteiger partial charge on any atom is 0.293 e. The van der Waals surface area contributed by atoms with E-state index < -0.39 is 4.92 Å². The third-order valence-corrected chi connectivity index (χ3v) is 3.49. The molecule has 0 bridgehead atoms. The first kappa shape index (κ1) is 14.3. The summed E-state index contributed by atoms with van der Waals surface area (Å²) in [5.41, 5.74) is 0.475. The van der Waals surface area contributed by atoms with Crippen molar-refractivity contribution in [3.05, 3.63) is 33.9 Å². The van der Waals surface area contributed by atoms with Crippen LogP contribution in [-0.2, 0) is 4.74 Å². The van der Waals surface area contributed by atoms with Gasteiger partial charge in [0.1, 0.15) is 5.69 Å². The van der Waals surface area contributed by atoms with Gasteiger partial charge in [0, 0.05) is 33.3 Å². The monoisotopic (exact) mass is 279 g/mol. The SMILES string of the molecule is CNc1c(C(=O)N2CCC(OC)C2)cccc1[N+](=O)[O-]. The lowest BCUT2D eigenvalue weighted by atomic mass is 10.1. The van der Waals surface area contributed by atoms with Gasteiger partial charge in [0.2, 0.25) is 0 Å². The van der Waals surface area contributed by atoms with Crippen LogP contribution in [0.5, 0.6) is 0 Å². The molecule has 7 nitrogen and oxygen atoms in total. The number of hydrogen-bond acceptors (Lipinski definition) is 5. The quantitative estimate of drug-likeness (QED) is 0.667. The van der Waals surface area contributed by atoms with Gasteiger partial charge in [-0.1, -0.05) is 6.07 Å². The molecule has 1 saturated heterocycles. The summed E-state index contributed by atoms with van der Waals surface area (Å²) in [4.78, 5) is 24.6. The van der Waals surface area contributed by atoms with Crippen LogP contribution in [0.25, 0.3) is 0 Å². The first-order valence-corrected chi connectivity index (χ1v) is 6.35. The maximum atomic E-state index is 12.5. The molecular weight excluding hydrogens is 262 g/mol. The van der Waals surface area contributed by atoms with Gasteiger partial charge in [0.05, 0.1) is 16.6 Å². The number of nitrogens with one attached hydrogen (secondary N) is 1. The number of ether oxygens (including phenoxy) is 1. The zero-order valence-electron chi connectivity index (χ0n) is 11.5. The molecular formula is C13H17N3O4. The minimum atomic E-state index is -0.495. The molecule has 1 fully saturated rings. The van der Waals surface area contributed by atoms with Crippen LogP contribution in [0.1, 0.15) is 16.8 Å². The van der Waals surface area contributed by atoms with Crippen LogP contribution >= 0.6 is 0 Å². The van der Waals surface area contributed by atoms with Crippen molar-refractivity contribution in [2.24, 2.45) is 0 Å². The Hall–Kier alpha value is -2.15. The molecule has 1 N–H and O–H groups in total. The van der Waals surface area contributed by atoms with Gasteiger partial charge in [0.25, 0.3) is 11.6 Å². The number of hydrogen-bond donors (Lipinski definition) is 1. The third-order valence-electron chi connectivity index (χ3n) is 3.49. The summed E-state index contributed by atoms with van der Waals surface area (Å²) in [6.45, 7) is 1.12. The van der Waals surface area contributed by atoms with E-state index in [1.54, 1.807) is 25.1 Å². The van der Waals surface area contributed by atoms with Crippen molar-refractivity contribution in [1.29, 1.82) is 0 Å². The number of nitro groups is 1. The second kappa shape index (κ2) is 5.87. The van der Waals surface area contributed by atoms with Gasteiger partial charge < -0.3 is 15.0 Å². The Bertz CT molecular complexity index is 532. The number of carbonyl (C=O) groups excluding carboxylic acids is 1. The molecule has 1 aliphatic rings. The molecule has 108 valence electrons. The van der Waals surface area contributed by atoms with Gasteiger partial charge >= 0.3 is 0 Å². The molecule has 2 rings (SSSR count). The van der Waals surface area contributed by atoms with Crippen LogP contribution in [0.2, 0.25) is 0 Å². The normalized spacial score (nSPS) is 18.1. The number of benzene rings is 1. The third kappa shape index (κ3) is 2.57. The topological polar surface area (TPSA) is 84.7 Å². The lowest BCUT2D eigenvalue weighted by Crippen LogP contribution is -2.30. The summed E-state index contributed by atoms with van der Waals surface area (Å²) in [7, 11) is 3.19. The van der Waals surface area contributed by atoms with E-state index >= 15 is 0 Å². The fourth-order valence-electron chi connectivity index (χ4n) is 2.41. The van der Waals surface area contributed by atoms with Gasteiger partial charge in [-0.2, -0.15) is 0 Å². The number of para-hydroxylation sites is 1. The molecule has 1 heterocycles. The molecule has 0 spiro atoms. The zero-order chi connectivity index (χ0) is 14.7. The summed E-state index contributed by atoms with van der Waals surface area (Å²) in [5, 5.41) is 13.8. The number of rotatable bonds is 4. The smallest absolute Gasteiger partial charge is 0.293 e. The fourth-order valence-corrected chi connectivity index (χ4v) is 2.41. The Morgan fingerprint density at radius 1 is 1.55 bits per heavy atom. The molecule has 0 saturated carbocycles. The molecule has 1 aromatic rings. The Kier molecular flexibility index (Phi) is 4.19. The van der Waals surface area contributed by atoms with E-state index in [1.807, 2.05) is 0 Å². The van der Waals surface area contributed by atoms with Crippen molar-refractivity contribution < 1.29 is 14.5 Å². The second-order valence-corrected chi connectivity index (χ2v) is 4.60. The fraction of sp³-hybridized carbons (Fsp3) is 0.462. The first-order chi connectivity index (χ1) is 9.58. The summed E-state index contributed by atoms with van der Waals surface area (Å²) in [6.07, 6.45) is 0.821. The van der Waals surface area contributed by atoms with Gasteiger partial charge in [0.15, 0.2) is 0 Å². The van der Waals surface area contributed by atoms with E-state index in [-0.39, 0.29) is 23.4 Å². The number of nitrogens with zero attached hydrogens (tertiary/aromatic N) is 2. The van der Waals surface area contributed by atoms with Crippen molar-refractivity contribution in [2.75, 3.05) is 32.6 Å². The molecule has 1 aromatic carbocycles. The lowest BCUT2D eigenvalue weighted by Gasteiger charge is -2.18. The highest BCUT2D eigenvalue weighted by atomic mass is 16.6. The molecule has 7 heteroatoms. The van der Waals surface area contributed by atoms with E-state index in [2.05, 4.69) is 5.32 Å². The Balaban J connectivity index is 2.31. The Labute approximate surface area is 116 Å². The highest BCUT2D eigenvalue weighted by molar-refractivity contribution is 6.01. The van der Waals surface area contributed by atoms with Crippen LogP contribution in [0, 0.1) is 10.1 Å². The Morgan fingerprint density at radius 2 is 2.30 bits per heavy atom.